The lowest BCUT2D eigenvalue weighted by Crippen LogP contribution is -2.42. The molecule has 0 aliphatic heterocycles. The number of hydrogen-bond acceptors (Lipinski definition) is 6. The quantitative estimate of drug-likeness (QED) is 0.560. The lowest BCUT2D eigenvalue weighted by atomic mass is 9.86. The lowest BCUT2D eigenvalue weighted by molar-refractivity contribution is -0.170. The molecule has 0 aromatic carbocycles. The molecule has 21 heavy (non-hydrogen) atoms. The zero-order valence-electron chi connectivity index (χ0n) is 13.3. The van der Waals surface area contributed by atoms with Crippen molar-refractivity contribution in [2.24, 2.45) is 5.41 Å². The molecule has 1 aromatic heterocycles. The third kappa shape index (κ3) is 3.80. The van der Waals surface area contributed by atoms with Crippen molar-refractivity contribution in [3.8, 4) is 0 Å². The second kappa shape index (κ2) is 7.19. The maximum absolute atomic E-state index is 12.2. The van der Waals surface area contributed by atoms with Crippen LogP contribution in [0.1, 0.15) is 46.5 Å². The standard InChI is InChI=1S/C14H23N3O4/c1-6-20-12(18)14(5,13(19)21-7-2)8-11-15-9-16-17(11)10(3)4/h9-10H,6-8H2,1-5H3. The minimum Gasteiger partial charge on any atom is -0.465 e. The largest absolute Gasteiger partial charge is 0.465 e. The second-order valence-corrected chi connectivity index (χ2v) is 5.16. The molecule has 0 radical (unpaired) electrons. The molecule has 0 aliphatic rings. The van der Waals surface area contributed by atoms with Crippen molar-refractivity contribution in [1.29, 1.82) is 0 Å². The van der Waals surface area contributed by atoms with Crippen LogP contribution in [-0.4, -0.2) is 39.9 Å². The first kappa shape index (κ1) is 17.1. The van der Waals surface area contributed by atoms with Crippen molar-refractivity contribution < 1.29 is 19.1 Å². The Morgan fingerprint density at radius 2 is 1.76 bits per heavy atom. The van der Waals surface area contributed by atoms with Gasteiger partial charge in [0.05, 0.1) is 13.2 Å². The van der Waals surface area contributed by atoms with Gasteiger partial charge >= 0.3 is 11.9 Å². The Morgan fingerprint density at radius 3 is 2.19 bits per heavy atom. The van der Waals surface area contributed by atoms with Crippen molar-refractivity contribution in [3.05, 3.63) is 12.2 Å². The molecule has 0 fully saturated rings. The normalized spacial score (nSPS) is 11.5. The highest BCUT2D eigenvalue weighted by molar-refractivity contribution is 5.99. The monoisotopic (exact) mass is 297 g/mol. The first-order valence-electron chi connectivity index (χ1n) is 7.09. The Bertz CT molecular complexity index is 478. The summed E-state index contributed by atoms with van der Waals surface area (Å²) in [5.74, 6) is -0.669. The molecule has 1 heterocycles. The number of carbonyl (C=O) groups is 2. The lowest BCUT2D eigenvalue weighted by Gasteiger charge is -2.25. The van der Waals surface area contributed by atoms with Crippen LogP contribution in [0.25, 0.3) is 0 Å². The summed E-state index contributed by atoms with van der Waals surface area (Å²) in [5.41, 5.74) is -1.42. The van der Waals surface area contributed by atoms with Crippen LogP contribution in [0.15, 0.2) is 6.33 Å². The number of esters is 2. The van der Waals surface area contributed by atoms with Crippen molar-refractivity contribution in [2.75, 3.05) is 13.2 Å². The summed E-state index contributed by atoms with van der Waals surface area (Å²) in [7, 11) is 0. The molecule has 0 atom stereocenters. The molecule has 1 rings (SSSR count). The Hall–Kier alpha value is -1.92. The van der Waals surface area contributed by atoms with Gasteiger partial charge in [-0.2, -0.15) is 5.10 Å². The second-order valence-electron chi connectivity index (χ2n) is 5.16. The van der Waals surface area contributed by atoms with E-state index in [-0.39, 0.29) is 25.7 Å². The molecule has 7 heteroatoms. The first-order valence-corrected chi connectivity index (χ1v) is 7.09. The van der Waals surface area contributed by atoms with E-state index in [0.29, 0.717) is 5.82 Å². The van der Waals surface area contributed by atoms with E-state index in [1.54, 1.807) is 18.5 Å². The van der Waals surface area contributed by atoms with E-state index in [0.717, 1.165) is 0 Å². The summed E-state index contributed by atoms with van der Waals surface area (Å²) < 4.78 is 11.7. The Balaban J connectivity index is 3.10. The van der Waals surface area contributed by atoms with Gasteiger partial charge in [0.25, 0.3) is 0 Å². The highest BCUT2D eigenvalue weighted by atomic mass is 16.6. The predicted molar refractivity (Wildman–Crippen MR) is 75.5 cm³/mol. The summed E-state index contributed by atoms with van der Waals surface area (Å²) in [4.78, 5) is 28.6. The van der Waals surface area contributed by atoms with Gasteiger partial charge < -0.3 is 9.47 Å². The van der Waals surface area contributed by atoms with Crippen LogP contribution in [0, 0.1) is 5.41 Å². The fourth-order valence-electron chi connectivity index (χ4n) is 1.96. The van der Waals surface area contributed by atoms with E-state index >= 15 is 0 Å². The highest BCUT2D eigenvalue weighted by Crippen LogP contribution is 2.26. The van der Waals surface area contributed by atoms with Crippen LogP contribution in [0.4, 0.5) is 0 Å². The van der Waals surface area contributed by atoms with Gasteiger partial charge in [-0.15, -0.1) is 0 Å². The minimum atomic E-state index is -1.42. The SMILES string of the molecule is CCOC(=O)C(C)(Cc1ncnn1C(C)C)C(=O)OCC. The molecule has 0 spiro atoms. The van der Waals surface area contributed by atoms with Crippen LogP contribution in [0.2, 0.25) is 0 Å². The molecular formula is C14H23N3O4. The maximum Gasteiger partial charge on any atom is 0.323 e. The molecule has 1 aromatic rings. The summed E-state index contributed by atoms with van der Waals surface area (Å²) in [6, 6.07) is 0.0798. The zero-order chi connectivity index (χ0) is 16.0. The number of aromatic nitrogens is 3. The van der Waals surface area contributed by atoms with Gasteiger partial charge in [-0.3, -0.25) is 9.59 Å². The average Bonchev–Trinajstić information content (AvgIpc) is 2.87. The number of rotatable bonds is 7. The van der Waals surface area contributed by atoms with Gasteiger partial charge in [-0.25, -0.2) is 9.67 Å². The highest BCUT2D eigenvalue weighted by Gasteiger charge is 2.45. The maximum atomic E-state index is 12.2. The predicted octanol–water partition coefficient (Wildman–Crippen LogP) is 1.53. The molecule has 7 nitrogen and oxygen atoms in total. The van der Waals surface area contributed by atoms with E-state index in [4.69, 9.17) is 9.47 Å². The van der Waals surface area contributed by atoms with Crippen molar-refractivity contribution in [2.45, 2.75) is 47.1 Å². The zero-order valence-corrected chi connectivity index (χ0v) is 13.3. The van der Waals surface area contributed by atoms with Crippen molar-refractivity contribution in [1.82, 2.24) is 14.8 Å². The number of nitrogens with zero attached hydrogens (tertiary/aromatic N) is 3. The molecule has 0 aliphatic carbocycles. The summed E-state index contributed by atoms with van der Waals surface area (Å²) in [5, 5.41) is 4.11. The molecule has 0 saturated carbocycles. The molecule has 0 amide bonds. The summed E-state index contributed by atoms with van der Waals surface area (Å²) >= 11 is 0. The number of carbonyl (C=O) groups excluding carboxylic acids is 2. The van der Waals surface area contributed by atoms with Crippen LogP contribution in [0.5, 0.6) is 0 Å². The fraction of sp³-hybridized carbons (Fsp3) is 0.714. The van der Waals surface area contributed by atoms with Crippen LogP contribution >= 0.6 is 0 Å². The molecule has 0 bridgehead atoms. The summed E-state index contributed by atoms with van der Waals surface area (Å²) in [6.45, 7) is 9.20. The average molecular weight is 297 g/mol. The molecule has 0 N–H and O–H groups in total. The van der Waals surface area contributed by atoms with E-state index in [1.165, 1.54) is 13.3 Å². The third-order valence-electron chi connectivity index (χ3n) is 3.10. The topological polar surface area (TPSA) is 83.3 Å². The van der Waals surface area contributed by atoms with Gasteiger partial charge in [0.1, 0.15) is 12.2 Å². The van der Waals surface area contributed by atoms with Gasteiger partial charge in [0, 0.05) is 12.5 Å². The van der Waals surface area contributed by atoms with Crippen LogP contribution in [0.3, 0.4) is 0 Å². The van der Waals surface area contributed by atoms with E-state index in [2.05, 4.69) is 10.1 Å². The van der Waals surface area contributed by atoms with Crippen molar-refractivity contribution in [3.63, 3.8) is 0 Å². The van der Waals surface area contributed by atoms with E-state index < -0.39 is 17.4 Å². The Labute approximate surface area is 124 Å². The Kier molecular flexibility index (Phi) is 5.87. The van der Waals surface area contributed by atoms with E-state index in [9.17, 15) is 9.59 Å². The van der Waals surface area contributed by atoms with E-state index in [1.807, 2.05) is 13.8 Å². The molecule has 0 unspecified atom stereocenters. The van der Waals surface area contributed by atoms with Gasteiger partial charge in [-0.05, 0) is 34.6 Å². The third-order valence-corrected chi connectivity index (χ3v) is 3.10. The van der Waals surface area contributed by atoms with Gasteiger partial charge in [0.15, 0.2) is 5.41 Å². The number of ether oxygens (including phenoxy) is 2. The molecule has 0 saturated heterocycles. The van der Waals surface area contributed by atoms with Crippen molar-refractivity contribution >= 4 is 11.9 Å². The number of hydrogen-bond donors (Lipinski definition) is 0. The van der Waals surface area contributed by atoms with Crippen LogP contribution < -0.4 is 0 Å². The Morgan fingerprint density at radius 1 is 1.24 bits per heavy atom. The van der Waals surface area contributed by atoms with Gasteiger partial charge in [0.2, 0.25) is 0 Å². The minimum absolute atomic E-state index is 0.0798. The molecule has 118 valence electrons. The fourth-order valence-corrected chi connectivity index (χ4v) is 1.96. The first-order chi connectivity index (χ1) is 9.86. The smallest absolute Gasteiger partial charge is 0.323 e. The van der Waals surface area contributed by atoms with Gasteiger partial charge in [-0.1, -0.05) is 0 Å². The van der Waals surface area contributed by atoms with Crippen LogP contribution in [-0.2, 0) is 25.5 Å². The summed E-state index contributed by atoms with van der Waals surface area (Å²) in [6.07, 6.45) is 1.49. The molecular weight excluding hydrogens is 274 g/mol.